The van der Waals surface area contributed by atoms with Crippen LogP contribution in [0.1, 0.15) is 54.2 Å². The van der Waals surface area contributed by atoms with Crippen molar-refractivity contribution < 1.29 is 4.79 Å². The fourth-order valence-electron chi connectivity index (χ4n) is 5.26. The Hall–Kier alpha value is -1.69. The summed E-state index contributed by atoms with van der Waals surface area (Å²) < 4.78 is 1.13. The monoisotopic (exact) mass is 483 g/mol. The molecule has 2 heterocycles. The highest BCUT2D eigenvalue weighted by Crippen LogP contribution is 2.28. The van der Waals surface area contributed by atoms with Crippen molar-refractivity contribution in [2.75, 3.05) is 32.7 Å². The molecule has 4 rings (SSSR count). The number of piperazine rings is 1. The van der Waals surface area contributed by atoms with Gasteiger partial charge in [0.2, 0.25) is 0 Å². The lowest BCUT2D eigenvalue weighted by Crippen LogP contribution is -2.57. The zero-order valence-electron chi connectivity index (χ0n) is 18.9. The fourth-order valence-corrected chi connectivity index (χ4v) is 5.52. The molecule has 0 aliphatic carbocycles. The minimum absolute atomic E-state index is 0.193. The third kappa shape index (κ3) is 5.05. The van der Waals surface area contributed by atoms with Crippen molar-refractivity contribution in [1.29, 1.82) is 0 Å². The Balaban J connectivity index is 1.31. The number of likely N-dealkylation sites (tertiary alicyclic amines) is 1. The minimum Gasteiger partial charge on any atom is -0.339 e. The van der Waals surface area contributed by atoms with Crippen molar-refractivity contribution in [3.8, 4) is 0 Å². The van der Waals surface area contributed by atoms with Gasteiger partial charge in [0.1, 0.15) is 0 Å². The van der Waals surface area contributed by atoms with Gasteiger partial charge >= 0.3 is 0 Å². The maximum Gasteiger partial charge on any atom is 0.254 e. The number of halogens is 1. The number of carbonyl (C=O) groups is 1. The summed E-state index contributed by atoms with van der Waals surface area (Å²) in [5.74, 6) is 0.193. The minimum atomic E-state index is 0.193. The van der Waals surface area contributed by atoms with Gasteiger partial charge in [-0.2, -0.15) is 0 Å². The van der Waals surface area contributed by atoms with Gasteiger partial charge < -0.3 is 4.90 Å². The molecule has 2 saturated heterocycles. The second kappa shape index (κ2) is 9.85. The summed E-state index contributed by atoms with van der Waals surface area (Å²) >= 11 is 3.54. The first-order valence-electron chi connectivity index (χ1n) is 11.5. The lowest BCUT2D eigenvalue weighted by molar-refractivity contribution is 0.0135. The second-order valence-electron chi connectivity index (χ2n) is 9.15. The second-order valence-corrected chi connectivity index (χ2v) is 10.1. The Labute approximate surface area is 195 Å². The number of piperidine rings is 1. The number of hydrogen-bond donors (Lipinski definition) is 0. The van der Waals surface area contributed by atoms with Crippen molar-refractivity contribution in [1.82, 2.24) is 14.7 Å². The molecule has 2 fully saturated rings. The molecule has 31 heavy (non-hydrogen) atoms. The summed E-state index contributed by atoms with van der Waals surface area (Å²) in [7, 11) is 0. The van der Waals surface area contributed by atoms with Crippen molar-refractivity contribution in [3.63, 3.8) is 0 Å². The molecule has 2 aromatic rings. The molecule has 0 N–H and O–H groups in total. The predicted octanol–water partition coefficient (Wildman–Crippen LogP) is 5.13. The molecule has 2 atom stereocenters. The van der Waals surface area contributed by atoms with E-state index in [0.29, 0.717) is 18.1 Å². The summed E-state index contributed by atoms with van der Waals surface area (Å²) in [5.41, 5.74) is 3.30. The molecule has 0 radical (unpaired) electrons. The summed E-state index contributed by atoms with van der Waals surface area (Å²) in [6.45, 7) is 11.8. The number of benzene rings is 2. The van der Waals surface area contributed by atoms with Gasteiger partial charge in [-0.25, -0.2) is 0 Å². The first kappa shape index (κ1) is 22.5. The highest BCUT2D eigenvalue weighted by molar-refractivity contribution is 9.10. The van der Waals surface area contributed by atoms with E-state index < -0.39 is 0 Å². The molecule has 0 aromatic heterocycles. The number of aryl methyl sites for hydroxylation is 1. The van der Waals surface area contributed by atoms with E-state index in [0.717, 1.165) is 61.2 Å². The Morgan fingerprint density at radius 2 is 1.68 bits per heavy atom. The van der Waals surface area contributed by atoms with Crippen LogP contribution in [0.2, 0.25) is 0 Å². The van der Waals surface area contributed by atoms with E-state index in [1.54, 1.807) is 0 Å². The maximum absolute atomic E-state index is 12.9. The molecule has 2 aromatic carbocycles. The molecular formula is C26H34BrN3O. The summed E-state index contributed by atoms with van der Waals surface area (Å²) in [6.07, 6.45) is 2.15. The van der Waals surface area contributed by atoms with Crippen LogP contribution in [-0.4, -0.2) is 65.4 Å². The number of amides is 1. The Bertz CT molecular complexity index is 892. The van der Waals surface area contributed by atoms with E-state index in [1.165, 1.54) is 5.56 Å². The molecule has 2 aliphatic heterocycles. The Kier molecular flexibility index (Phi) is 7.15. The molecular weight excluding hydrogens is 450 g/mol. The van der Waals surface area contributed by atoms with Gasteiger partial charge in [-0.3, -0.25) is 14.6 Å². The normalized spacial score (nSPS) is 22.5. The lowest BCUT2D eigenvalue weighted by Gasteiger charge is -2.47. The lowest BCUT2D eigenvalue weighted by atomic mass is 9.98. The van der Waals surface area contributed by atoms with Gasteiger partial charge in [-0.05, 0) is 62.9 Å². The fraction of sp³-hybridized carbons (Fsp3) is 0.500. The molecule has 5 heteroatoms. The van der Waals surface area contributed by atoms with Crippen LogP contribution in [0.4, 0.5) is 0 Å². The van der Waals surface area contributed by atoms with Crippen LogP contribution < -0.4 is 0 Å². The van der Waals surface area contributed by atoms with Crippen LogP contribution in [0.15, 0.2) is 53.0 Å². The zero-order chi connectivity index (χ0) is 22.0. The standard InChI is InChI=1S/C26H34BrN3O/c1-19-6-4-5-7-25(19)26(31)28-14-12-24(13-15-28)29-16-17-30(20(2)18-29)21(3)22-8-10-23(27)11-9-22/h4-11,20-21,24H,12-18H2,1-3H3/t20-,21+/m1/s1. The topological polar surface area (TPSA) is 26.8 Å². The number of rotatable bonds is 4. The quantitative estimate of drug-likeness (QED) is 0.602. The van der Waals surface area contributed by atoms with E-state index >= 15 is 0 Å². The largest absolute Gasteiger partial charge is 0.339 e. The van der Waals surface area contributed by atoms with Gasteiger partial charge in [0.05, 0.1) is 0 Å². The van der Waals surface area contributed by atoms with Crippen molar-refractivity contribution in [3.05, 3.63) is 69.7 Å². The Morgan fingerprint density at radius 3 is 2.32 bits per heavy atom. The first-order valence-corrected chi connectivity index (χ1v) is 12.3. The van der Waals surface area contributed by atoms with Gasteiger partial charge in [-0.1, -0.05) is 46.3 Å². The zero-order valence-corrected chi connectivity index (χ0v) is 20.5. The molecule has 0 spiro atoms. The first-order chi connectivity index (χ1) is 14.9. The third-order valence-corrected chi connectivity index (χ3v) is 7.73. The highest BCUT2D eigenvalue weighted by Gasteiger charge is 2.33. The van der Waals surface area contributed by atoms with Crippen LogP contribution in [0.3, 0.4) is 0 Å². The van der Waals surface area contributed by atoms with Crippen LogP contribution in [0, 0.1) is 6.92 Å². The number of carbonyl (C=O) groups excluding carboxylic acids is 1. The summed E-state index contributed by atoms with van der Waals surface area (Å²) in [4.78, 5) is 20.3. The smallest absolute Gasteiger partial charge is 0.254 e. The molecule has 0 unspecified atom stereocenters. The maximum atomic E-state index is 12.9. The van der Waals surface area contributed by atoms with Gasteiger partial charge in [0, 0.05) is 60.9 Å². The average molecular weight is 484 g/mol. The summed E-state index contributed by atoms with van der Waals surface area (Å²) in [6, 6.07) is 18.2. The molecule has 0 bridgehead atoms. The Morgan fingerprint density at radius 1 is 1.00 bits per heavy atom. The molecule has 4 nitrogen and oxygen atoms in total. The van der Waals surface area contributed by atoms with Crippen LogP contribution in [0.5, 0.6) is 0 Å². The van der Waals surface area contributed by atoms with E-state index in [9.17, 15) is 4.79 Å². The highest BCUT2D eigenvalue weighted by atomic mass is 79.9. The van der Waals surface area contributed by atoms with Gasteiger partial charge in [0.25, 0.3) is 5.91 Å². The van der Waals surface area contributed by atoms with Gasteiger partial charge in [0.15, 0.2) is 0 Å². The van der Waals surface area contributed by atoms with E-state index in [1.807, 2.05) is 36.1 Å². The molecule has 166 valence electrons. The predicted molar refractivity (Wildman–Crippen MR) is 130 cm³/mol. The molecule has 0 saturated carbocycles. The molecule has 2 aliphatic rings. The van der Waals surface area contributed by atoms with Crippen LogP contribution in [0.25, 0.3) is 0 Å². The van der Waals surface area contributed by atoms with E-state index in [4.69, 9.17) is 0 Å². The van der Waals surface area contributed by atoms with E-state index in [-0.39, 0.29) is 5.91 Å². The third-order valence-electron chi connectivity index (χ3n) is 7.20. The SMILES string of the molecule is Cc1ccccc1C(=O)N1CCC(N2CCN([C@@H](C)c3ccc(Br)cc3)[C@H](C)C2)CC1. The number of hydrogen-bond acceptors (Lipinski definition) is 3. The van der Waals surface area contributed by atoms with E-state index in [2.05, 4.69) is 63.8 Å². The van der Waals surface area contributed by atoms with Crippen molar-refractivity contribution >= 4 is 21.8 Å². The van der Waals surface area contributed by atoms with Crippen molar-refractivity contribution in [2.24, 2.45) is 0 Å². The van der Waals surface area contributed by atoms with Crippen LogP contribution in [-0.2, 0) is 0 Å². The van der Waals surface area contributed by atoms with Crippen LogP contribution >= 0.6 is 15.9 Å². The van der Waals surface area contributed by atoms with Crippen molar-refractivity contribution in [2.45, 2.75) is 51.7 Å². The average Bonchev–Trinajstić information content (AvgIpc) is 2.79. The number of nitrogens with zero attached hydrogens (tertiary/aromatic N) is 3. The van der Waals surface area contributed by atoms with Gasteiger partial charge in [-0.15, -0.1) is 0 Å². The summed E-state index contributed by atoms with van der Waals surface area (Å²) in [5, 5.41) is 0. The molecule has 1 amide bonds.